The van der Waals surface area contributed by atoms with E-state index in [1.807, 2.05) is 18.7 Å². The molecule has 4 nitrogen and oxygen atoms in total. The molecular formula is C15H30N2O2. The molecule has 0 aromatic rings. The second-order valence-corrected chi connectivity index (χ2v) is 5.95. The number of morpholine rings is 1. The largest absolute Gasteiger partial charge is 0.372 e. The molecule has 19 heavy (non-hydrogen) atoms. The lowest BCUT2D eigenvalue weighted by Gasteiger charge is -2.41. The predicted molar refractivity (Wildman–Crippen MR) is 77.9 cm³/mol. The van der Waals surface area contributed by atoms with E-state index in [-0.39, 0.29) is 23.5 Å². The Bertz CT molecular complexity index is 278. The minimum absolute atomic E-state index is 0.117. The number of rotatable bonds is 6. The zero-order valence-corrected chi connectivity index (χ0v) is 12.9. The van der Waals surface area contributed by atoms with Crippen LogP contribution in [0.5, 0.6) is 0 Å². The van der Waals surface area contributed by atoms with Crippen LogP contribution in [0.3, 0.4) is 0 Å². The molecule has 1 aliphatic rings. The Kier molecular flexibility index (Phi) is 6.27. The first-order valence-electron chi connectivity index (χ1n) is 7.64. The first-order valence-corrected chi connectivity index (χ1v) is 7.64. The van der Waals surface area contributed by atoms with Crippen molar-refractivity contribution < 1.29 is 9.53 Å². The Morgan fingerprint density at radius 3 is 2.05 bits per heavy atom. The maximum Gasteiger partial charge on any atom is 0.230 e. The van der Waals surface area contributed by atoms with Crippen molar-refractivity contribution >= 4 is 5.91 Å². The number of nitrogens with two attached hydrogens (primary N) is 1. The van der Waals surface area contributed by atoms with Crippen LogP contribution in [-0.4, -0.2) is 42.6 Å². The summed E-state index contributed by atoms with van der Waals surface area (Å²) in [5.41, 5.74) is 5.62. The van der Waals surface area contributed by atoms with Crippen LogP contribution < -0.4 is 5.73 Å². The van der Waals surface area contributed by atoms with Gasteiger partial charge in [-0.3, -0.25) is 4.79 Å². The molecule has 0 saturated carbocycles. The van der Waals surface area contributed by atoms with E-state index < -0.39 is 0 Å². The quantitative estimate of drug-likeness (QED) is 0.804. The summed E-state index contributed by atoms with van der Waals surface area (Å²) in [5.74, 6) is 0.237. The molecule has 1 amide bonds. The lowest BCUT2D eigenvalue weighted by Crippen LogP contribution is -2.55. The highest BCUT2D eigenvalue weighted by Crippen LogP contribution is 2.32. The van der Waals surface area contributed by atoms with Crippen molar-refractivity contribution in [2.45, 2.75) is 65.6 Å². The van der Waals surface area contributed by atoms with Crippen molar-refractivity contribution in [2.24, 2.45) is 11.1 Å². The van der Waals surface area contributed by atoms with Crippen LogP contribution >= 0.6 is 0 Å². The number of carbonyl (C=O) groups excluding carboxylic acids is 1. The lowest BCUT2D eigenvalue weighted by molar-refractivity contribution is -0.154. The van der Waals surface area contributed by atoms with E-state index in [1.54, 1.807) is 0 Å². The second kappa shape index (κ2) is 7.25. The summed E-state index contributed by atoms with van der Waals surface area (Å²) in [6, 6.07) is 0. The molecule has 0 bridgehead atoms. The summed E-state index contributed by atoms with van der Waals surface area (Å²) in [5, 5.41) is 0. The van der Waals surface area contributed by atoms with Crippen LogP contribution in [0.1, 0.15) is 53.4 Å². The fraction of sp³-hybridized carbons (Fsp3) is 0.933. The number of hydrogen-bond donors (Lipinski definition) is 1. The number of amides is 1. The predicted octanol–water partition coefficient (Wildman–Crippen LogP) is 2.17. The summed E-state index contributed by atoms with van der Waals surface area (Å²) in [7, 11) is 0. The van der Waals surface area contributed by atoms with Gasteiger partial charge >= 0.3 is 0 Å². The molecule has 0 spiro atoms. The molecule has 2 N–H and O–H groups in total. The Balaban J connectivity index is 2.85. The molecule has 112 valence electrons. The van der Waals surface area contributed by atoms with Gasteiger partial charge in [-0.2, -0.15) is 0 Å². The molecule has 1 fully saturated rings. The van der Waals surface area contributed by atoms with Gasteiger partial charge in [0.2, 0.25) is 5.91 Å². The van der Waals surface area contributed by atoms with E-state index in [0.29, 0.717) is 19.6 Å². The molecule has 0 radical (unpaired) electrons. The summed E-state index contributed by atoms with van der Waals surface area (Å²) in [6.07, 6.45) is 4.00. The Hall–Kier alpha value is -0.610. The highest BCUT2D eigenvalue weighted by Gasteiger charge is 2.40. The molecule has 0 aromatic carbocycles. The third kappa shape index (κ3) is 3.93. The van der Waals surface area contributed by atoms with Crippen LogP contribution in [0.2, 0.25) is 0 Å². The second-order valence-electron chi connectivity index (χ2n) is 5.95. The van der Waals surface area contributed by atoms with E-state index in [4.69, 9.17) is 10.5 Å². The minimum atomic E-state index is -0.361. The maximum absolute atomic E-state index is 12.9. The highest BCUT2D eigenvalue weighted by molar-refractivity contribution is 5.83. The standard InChI is InChI=1S/C15H30N2O2/c1-5-7-15(11-16,8-6-2)14(18)17-9-12(3)19-13(4)10-17/h12-13H,5-11,16H2,1-4H3/t12-,13+. The topological polar surface area (TPSA) is 55.6 Å². The van der Waals surface area contributed by atoms with Crippen LogP contribution in [0.25, 0.3) is 0 Å². The van der Waals surface area contributed by atoms with Gasteiger partial charge in [0.1, 0.15) is 0 Å². The van der Waals surface area contributed by atoms with E-state index in [1.165, 1.54) is 0 Å². The zero-order valence-electron chi connectivity index (χ0n) is 12.9. The fourth-order valence-corrected chi connectivity index (χ4v) is 3.27. The van der Waals surface area contributed by atoms with Crippen molar-refractivity contribution in [3.05, 3.63) is 0 Å². The van der Waals surface area contributed by atoms with E-state index >= 15 is 0 Å². The Morgan fingerprint density at radius 2 is 1.68 bits per heavy atom. The van der Waals surface area contributed by atoms with Crippen molar-refractivity contribution in [2.75, 3.05) is 19.6 Å². The van der Waals surface area contributed by atoms with Gasteiger partial charge in [0.05, 0.1) is 17.6 Å². The average Bonchev–Trinajstić information content (AvgIpc) is 2.36. The smallest absolute Gasteiger partial charge is 0.230 e. The van der Waals surface area contributed by atoms with Crippen molar-refractivity contribution in [1.82, 2.24) is 4.90 Å². The first-order chi connectivity index (χ1) is 8.99. The van der Waals surface area contributed by atoms with Crippen molar-refractivity contribution in [3.8, 4) is 0 Å². The fourth-order valence-electron chi connectivity index (χ4n) is 3.27. The summed E-state index contributed by atoms with van der Waals surface area (Å²) in [6.45, 7) is 10.1. The summed E-state index contributed by atoms with van der Waals surface area (Å²) < 4.78 is 5.71. The van der Waals surface area contributed by atoms with Gasteiger partial charge in [-0.05, 0) is 26.7 Å². The van der Waals surface area contributed by atoms with E-state index in [2.05, 4.69) is 13.8 Å². The third-order valence-corrected chi connectivity index (χ3v) is 4.01. The van der Waals surface area contributed by atoms with Gasteiger partial charge in [0, 0.05) is 19.6 Å². The zero-order chi connectivity index (χ0) is 14.5. The first kappa shape index (κ1) is 16.4. The monoisotopic (exact) mass is 270 g/mol. The summed E-state index contributed by atoms with van der Waals surface area (Å²) in [4.78, 5) is 14.9. The van der Waals surface area contributed by atoms with Gasteiger partial charge in [0.15, 0.2) is 0 Å². The molecule has 1 rings (SSSR count). The maximum atomic E-state index is 12.9. The molecule has 1 saturated heterocycles. The molecule has 0 aliphatic carbocycles. The molecule has 4 heteroatoms. The normalized spacial score (nSPS) is 24.6. The molecule has 1 heterocycles. The third-order valence-electron chi connectivity index (χ3n) is 4.01. The van der Waals surface area contributed by atoms with Gasteiger partial charge in [0.25, 0.3) is 0 Å². The number of hydrogen-bond acceptors (Lipinski definition) is 3. The van der Waals surface area contributed by atoms with Crippen molar-refractivity contribution in [3.63, 3.8) is 0 Å². The Labute approximate surface area is 117 Å². The Morgan fingerprint density at radius 1 is 1.21 bits per heavy atom. The van der Waals surface area contributed by atoms with E-state index in [0.717, 1.165) is 25.7 Å². The number of nitrogens with zero attached hydrogens (tertiary/aromatic N) is 1. The van der Waals surface area contributed by atoms with Crippen LogP contribution in [-0.2, 0) is 9.53 Å². The molecule has 0 unspecified atom stereocenters. The minimum Gasteiger partial charge on any atom is -0.372 e. The van der Waals surface area contributed by atoms with Gasteiger partial charge < -0.3 is 15.4 Å². The van der Waals surface area contributed by atoms with Crippen LogP contribution in [0.4, 0.5) is 0 Å². The van der Waals surface area contributed by atoms with Gasteiger partial charge in [-0.1, -0.05) is 26.7 Å². The lowest BCUT2D eigenvalue weighted by atomic mass is 9.77. The summed E-state index contributed by atoms with van der Waals surface area (Å²) >= 11 is 0. The van der Waals surface area contributed by atoms with Gasteiger partial charge in [-0.15, -0.1) is 0 Å². The molecule has 1 aliphatic heterocycles. The van der Waals surface area contributed by atoms with Crippen LogP contribution in [0, 0.1) is 5.41 Å². The number of carbonyl (C=O) groups is 1. The average molecular weight is 270 g/mol. The molecule has 2 atom stereocenters. The molecule has 0 aromatic heterocycles. The molecular weight excluding hydrogens is 240 g/mol. The van der Waals surface area contributed by atoms with Crippen molar-refractivity contribution in [1.29, 1.82) is 0 Å². The number of ether oxygens (including phenoxy) is 1. The highest BCUT2D eigenvalue weighted by atomic mass is 16.5. The van der Waals surface area contributed by atoms with Crippen LogP contribution in [0.15, 0.2) is 0 Å². The SMILES string of the molecule is CCCC(CN)(CCC)C(=O)N1C[C@@H](C)O[C@@H](C)C1. The van der Waals surface area contributed by atoms with E-state index in [9.17, 15) is 4.79 Å². The van der Waals surface area contributed by atoms with Gasteiger partial charge in [-0.25, -0.2) is 0 Å².